The van der Waals surface area contributed by atoms with Gasteiger partial charge in [-0.05, 0) is 58.6 Å². The van der Waals surface area contributed by atoms with E-state index in [1.807, 2.05) is 45.9 Å². The second-order valence-corrected chi connectivity index (χ2v) is 7.26. The summed E-state index contributed by atoms with van der Waals surface area (Å²) in [6, 6.07) is 5.61. The standard InChI is InChI=1S/C19H29BO6/c1-7-23-17(21)9-8-12-24-15-11-10-14(13-16(15)22-6)20-25-18(2,3)19(4,5)26-20/h10-11,13H,7-9,12H2,1-6H3. The van der Waals surface area contributed by atoms with E-state index < -0.39 is 18.3 Å². The van der Waals surface area contributed by atoms with E-state index in [-0.39, 0.29) is 5.97 Å². The van der Waals surface area contributed by atoms with Crippen molar-refractivity contribution in [2.24, 2.45) is 0 Å². The maximum Gasteiger partial charge on any atom is 0.494 e. The molecule has 1 aliphatic heterocycles. The highest BCUT2D eigenvalue weighted by Gasteiger charge is 2.51. The summed E-state index contributed by atoms with van der Waals surface area (Å²) in [6.07, 6.45) is 0.920. The average Bonchev–Trinajstić information content (AvgIpc) is 2.79. The Morgan fingerprint density at radius 1 is 1.12 bits per heavy atom. The first-order chi connectivity index (χ1) is 12.2. The van der Waals surface area contributed by atoms with Gasteiger partial charge in [-0.2, -0.15) is 0 Å². The van der Waals surface area contributed by atoms with Crippen LogP contribution in [0.3, 0.4) is 0 Å². The number of ether oxygens (including phenoxy) is 3. The SMILES string of the molecule is CCOC(=O)CCCOc1ccc(B2OC(C)(C)C(C)(C)O2)cc1OC. The van der Waals surface area contributed by atoms with Gasteiger partial charge in [-0.15, -0.1) is 0 Å². The molecule has 1 aromatic rings. The highest BCUT2D eigenvalue weighted by molar-refractivity contribution is 6.62. The van der Waals surface area contributed by atoms with Crippen molar-refractivity contribution in [2.45, 2.75) is 58.7 Å². The van der Waals surface area contributed by atoms with E-state index in [0.29, 0.717) is 37.6 Å². The second-order valence-electron chi connectivity index (χ2n) is 7.26. The Hall–Kier alpha value is -1.73. The van der Waals surface area contributed by atoms with Crippen molar-refractivity contribution in [3.8, 4) is 11.5 Å². The maximum absolute atomic E-state index is 11.3. The van der Waals surface area contributed by atoms with E-state index >= 15 is 0 Å². The largest absolute Gasteiger partial charge is 0.494 e. The monoisotopic (exact) mass is 364 g/mol. The Kier molecular flexibility index (Phi) is 6.58. The third kappa shape index (κ3) is 4.71. The number of carbonyl (C=O) groups is 1. The van der Waals surface area contributed by atoms with Crippen LogP contribution in [-0.2, 0) is 18.8 Å². The molecule has 0 saturated carbocycles. The Bertz CT molecular complexity index is 612. The molecule has 6 nitrogen and oxygen atoms in total. The lowest BCUT2D eigenvalue weighted by Crippen LogP contribution is -2.41. The van der Waals surface area contributed by atoms with Crippen molar-refractivity contribution < 1.29 is 28.3 Å². The molecule has 0 unspecified atom stereocenters. The van der Waals surface area contributed by atoms with E-state index in [9.17, 15) is 4.79 Å². The smallest absolute Gasteiger partial charge is 0.493 e. The molecule has 144 valence electrons. The predicted molar refractivity (Wildman–Crippen MR) is 100 cm³/mol. The summed E-state index contributed by atoms with van der Waals surface area (Å²) in [7, 11) is 1.14. The Morgan fingerprint density at radius 2 is 1.77 bits per heavy atom. The van der Waals surface area contributed by atoms with Gasteiger partial charge >= 0.3 is 13.1 Å². The van der Waals surface area contributed by atoms with Crippen LogP contribution in [0.4, 0.5) is 0 Å². The lowest BCUT2D eigenvalue weighted by atomic mass is 9.79. The summed E-state index contributed by atoms with van der Waals surface area (Å²) in [6.45, 7) is 10.7. The van der Waals surface area contributed by atoms with Crippen LogP contribution in [0.5, 0.6) is 11.5 Å². The molecule has 0 bridgehead atoms. The van der Waals surface area contributed by atoms with Crippen LogP contribution < -0.4 is 14.9 Å². The minimum atomic E-state index is -0.452. The summed E-state index contributed by atoms with van der Waals surface area (Å²) in [4.78, 5) is 11.3. The van der Waals surface area contributed by atoms with Gasteiger partial charge in [0.05, 0.1) is 31.5 Å². The van der Waals surface area contributed by atoms with Gasteiger partial charge in [0.1, 0.15) is 0 Å². The fraction of sp³-hybridized carbons (Fsp3) is 0.632. The topological polar surface area (TPSA) is 63.2 Å². The van der Waals surface area contributed by atoms with Crippen LogP contribution in [0, 0.1) is 0 Å². The van der Waals surface area contributed by atoms with Gasteiger partial charge in [0.15, 0.2) is 11.5 Å². The molecule has 1 aliphatic rings. The minimum Gasteiger partial charge on any atom is -0.493 e. The van der Waals surface area contributed by atoms with Gasteiger partial charge in [-0.1, -0.05) is 6.07 Å². The molecule has 1 fully saturated rings. The molecule has 1 saturated heterocycles. The summed E-state index contributed by atoms with van der Waals surface area (Å²) in [5.74, 6) is 1.02. The quantitative estimate of drug-likeness (QED) is 0.402. The van der Waals surface area contributed by atoms with E-state index in [4.69, 9.17) is 23.5 Å². The fourth-order valence-electron chi connectivity index (χ4n) is 2.56. The molecule has 7 heteroatoms. The lowest BCUT2D eigenvalue weighted by molar-refractivity contribution is -0.143. The molecule has 1 heterocycles. The first kappa shape index (κ1) is 20.6. The zero-order chi connectivity index (χ0) is 19.4. The van der Waals surface area contributed by atoms with Crippen LogP contribution in [0.25, 0.3) is 0 Å². The van der Waals surface area contributed by atoms with Gasteiger partial charge < -0.3 is 23.5 Å². The van der Waals surface area contributed by atoms with Crippen molar-refractivity contribution in [1.29, 1.82) is 0 Å². The normalized spacial score (nSPS) is 17.8. The van der Waals surface area contributed by atoms with Gasteiger partial charge in [-0.25, -0.2) is 0 Å². The van der Waals surface area contributed by atoms with Gasteiger partial charge in [0.25, 0.3) is 0 Å². The number of hydrogen-bond acceptors (Lipinski definition) is 6. The molecule has 0 aromatic heterocycles. The fourth-order valence-corrected chi connectivity index (χ4v) is 2.56. The van der Waals surface area contributed by atoms with E-state index in [2.05, 4.69) is 0 Å². The van der Waals surface area contributed by atoms with E-state index in [1.54, 1.807) is 14.0 Å². The Labute approximate surface area is 156 Å². The molecule has 2 rings (SSSR count). The maximum atomic E-state index is 11.3. The molecule has 0 spiro atoms. The molecular weight excluding hydrogens is 335 g/mol. The average molecular weight is 364 g/mol. The molecule has 1 aromatic carbocycles. The zero-order valence-corrected chi connectivity index (χ0v) is 16.6. The van der Waals surface area contributed by atoms with Gasteiger partial charge in [-0.3, -0.25) is 4.79 Å². The Morgan fingerprint density at radius 3 is 2.35 bits per heavy atom. The second kappa shape index (κ2) is 8.31. The predicted octanol–water partition coefficient (Wildman–Crippen LogP) is 2.72. The number of esters is 1. The third-order valence-corrected chi connectivity index (χ3v) is 4.80. The number of methoxy groups -OCH3 is 1. The highest BCUT2D eigenvalue weighted by Crippen LogP contribution is 2.37. The van der Waals surface area contributed by atoms with Crippen LogP contribution in [0.2, 0.25) is 0 Å². The molecule has 0 aliphatic carbocycles. The summed E-state index contributed by atoms with van der Waals surface area (Å²) < 4.78 is 28.2. The summed E-state index contributed by atoms with van der Waals surface area (Å²) >= 11 is 0. The lowest BCUT2D eigenvalue weighted by Gasteiger charge is -2.32. The van der Waals surface area contributed by atoms with Crippen LogP contribution in [-0.4, -0.2) is 44.6 Å². The van der Waals surface area contributed by atoms with Crippen LogP contribution in [0.1, 0.15) is 47.5 Å². The highest BCUT2D eigenvalue weighted by atomic mass is 16.7. The number of benzene rings is 1. The number of carbonyl (C=O) groups excluding carboxylic acids is 1. The van der Waals surface area contributed by atoms with Crippen molar-refractivity contribution >= 4 is 18.6 Å². The summed E-state index contributed by atoms with van der Waals surface area (Å²) in [5.41, 5.74) is 0.0831. The van der Waals surface area contributed by atoms with Crippen molar-refractivity contribution in [3.63, 3.8) is 0 Å². The van der Waals surface area contributed by atoms with Gasteiger partial charge in [0.2, 0.25) is 0 Å². The van der Waals surface area contributed by atoms with Crippen LogP contribution in [0.15, 0.2) is 18.2 Å². The minimum absolute atomic E-state index is 0.209. The molecule has 0 amide bonds. The number of rotatable bonds is 8. The van der Waals surface area contributed by atoms with E-state index in [0.717, 1.165) is 5.46 Å². The first-order valence-electron chi connectivity index (χ1n) is 9.02. The molecule has 0 N–H and O–H groups in total. The molecule has 0 atom stereocenters. The van der Waals surface area contributed by atoms with Crippen molar-refractivity contribution in [2.75, 3.05) is 20.3 Å². The zero-order valence-electron chi connectivity index (χ0n) is 16.6. The molecule has 26 heavy (non-hydrogen) atoms. The molecule has 0 radical (unpaired) electrons. The van der Waals surface area contributed by atoms with Gasteiger partial charge in [0, 0.05) is 6.42 Å². The first-order valence-corrected chi connectivity index (χ1v) is 9.02. The molecular formula is C19H29BO6. The van der Waals surface area contributed by atoms with Crippen molar-refractivity contribution in [3.05, 3.63) is 18.2 Å². The van der Waals surface area contributed by atoms with Crippen LogP contribution >= 0.6 is 0 Å². The Balaban J connectivity index is 1.98. The van der Waals surface area contributed by atoms with Crippen molar-refractivity contribution in [1.82, 2.24) is 0 Å². The summed E-state index contributed by atoms with van der Waals surface area (Å²) in [5, 5.41) is 0. The number of hydrogen-bond donors (Lipinski definition) is 0. The third-order valence-electron chi connectivity index (χ3n) is 4.80. The van der Waals surface area contributed by atoms with E-state index in [1.165, 1.54) is 0 Å².